The third kappa shape index (κ3) is 3.52. The summed E-state index contributed by atoms with van der Waals surface area (Å²) in [5.41, 5.74) is 0.799. The summed E-state index contributed by atoms with van der Waals surface area (Å²) < 4.78 is 33.1. The van der Waals surface area contributed by atoms with E-state index in [2.05, 4.69) is 0 Å². The number of hydrogen-bond donors (Lipinski definition) is 0. The largest absolute Gasteiger partial charge is 0.374 e. The number of likely N-dealkylation sites (N-methyl/N-ethyl adjacent to an activating group) is 1. The van der Waals surface area contributed by atoms with E-state index in [1.165, 1.54) is 4.31 Å². The van der Waals surface area contributed by atoms with Gasteiger partial charge in [-0.25, -0.2) is 8.42 Å². The molecule has 1 aromatic heterocycles. The van der Waals surface area contributed by atoms with Crippen molar-refractivity contribution in [2.75, 3.05) is 40.3 Å². The maximum absolute atomic E-state index is 12.6. The van der Waals surface area contributed by atoms with Crippen LogP contribution in [-0.2, 0) is 14.8 Å². The van der Waals surface area contributed by atoms with E-state index in [1.54, 1.807) is 6.07 Å². The summed E-state index contributed by atoms with van der Waals surface area (Å²) >= 11 is 7.09. The molecule has 0 amide bonds. The smallest absolute Gasteiger partial charge is 0.252 e. The number of ether oxygens (including phenoxy) is 1. The van der Waals surface area contributed by atoms with Gasteiger partial charge in [-0.15, -0.1) is 11.3 Å². The fourth-order valence-corrected chi connectivity index (χ4v) is 5.43. The van der Waals surface area contributed by atoms with Crippen molar-refractivity contribution in [3.63, 3.8) is 0 Å². The average molecular weight is 339 g/mol. The van der Waals surface area contributed by atoms with Crippen molar-refractivity contribution in [1.29, 1.82) is 0 Å². The van der Waals surface area contributed by atoms with Crippen LogP contribution < -0.4 is 0 Å². The van der Waals surface area contributed by atoms with Gasteiger partial charge in [0.05, 0.1) is 17.0 Å². The molecular formula is C12H19ClN2O3S2. The van der Waals surface area contributed by atoms with Gasteiger partial charge in [0.15, 0.2) is 0 Å². The molecule has 0 aliphatic carbocycles. The molecule has 0 aromatic carbocycles. The first-order chi connectivity index (χ1) is 9.30. The van der Waals surface area contributed by atoms with Crippen LogP contribution >= 0.6 is 22.9 Å². The Kier molecular flexibility index (Phi) is 5.09. The number of hydrogen-bond acceptors (Lipinski definition) is 5. The van der Waals surface area contributed by atoms with E-state index in [9.17, 15) is 8.42 Å². The predicted octanol–water partition coefficient (Wildman–Crippen LogP) is 1.66. The first kappa shape index (κ1) is 16.2. The maximum Gasteiger partial charge on any atom is 0.252 e. The van der Waals surface area contributed by atoms with Crippen LogP contribution in [0.15, 0.2) is 10.3 Å². The zero-order valence-corrected chi connectivity index (χ0v) is 14.2. The highest BCUT2D eigenvalue weighted by atomic mass is 35.5. The van der Waals surface area contributed by atoms with Crippen molar-refractivity contribution in [1.82, 2.24) is 9.21 Å². The number of morpholine rings is 1. The third-order valence-corrected chi connectivity index (χ3v) is 6.97. The number of halogens is 1. The molecule has 1 aliphatic heterocycles. The molecule has 20 heavy (non-hydrogen) atoms. The first-order valence-electron chi connectivity index (χ1n) is 6.33. The first-order valence-corrected chi connectivity index (χ1v) is 8.96. The minimum atomic E-state index is -3.46. The third-order valence-electron chi connectivity index (χ3n) is 3.10. The lowest BCUT2D eigenvalue weighted by molar-refractivity contribution is -0.0131. The van der Waals surface area contributed by atoms with Crippen molar-refractivity contribution in [3.8, 4) is 0 Å². The number of thiophene rings is 1. The molecule has 0 unspecified atom stereocenters. The maximum atomic E-state index is 12.6. The second-order valence-corrected chi connectivity index (χ2v) is 8.96. The van der Waals surface area contributed by atoms with Crippen molar-refractivity contribution >= 4 is 33.0 Å². The molecule has 1 aliphatic rings. The van der Waals surface area contributed by atoms with Gasteiger partial charge in [0.25, 0.3) is 10.0 Å². The Morgan fingerprint density at radius 1 is 1.55 bits per heavy atom. The molecular weight excluding hydrogens is 320 g/mol. The normalized spacial score (nSPS) is 21.6. The Morgan fingerprint density at radius 2 is 2.25 bits per heavy atom. The number of rotatable bonds is 4. The molecule has 0 radical (unpaired) electrons. The summed E-state index contributed by atoms with van der Waals surface area (Å²) in [6.07, 6.45) is -0.0925. The van der Waals surface area contributed by atoms with Gasteiger partial charge in [0.1, 0.15) is 4.21 Å². The SMILES string of the molecule is Cc1cc(S(=O)(=O)N2CCO[C@@H](CN(C)C)C2)sc1Cl. The summed E-state index contributed by atoms with van der Waals surface area (Å²) in [6.45, 7) is 3.72. The fraction of sp³-hybridized carbons (Fsp3) is 0.667. The van der Waals surface area contributed by atoms with E-state index in [-0.39, 0.29) is 6.10 Å². The summed E-state index contributed by atoms with van der Waals surface area (Å²) in [6, 6.07) is 1.64. The van der Waals surface area contributed by atoms with Gasteiger partial charge < -0.3 is 9.64 Å². The van der Waals surface area contributed by atoms with Crippen molar-refractivity contribution in [2.24, 2.45) is 0 Å². The van der Waals surface area contributed by atoms with Crippen LogP contribution in [0.1, 0.15) is 5.56 Å². The Balaban J connectivity index is 2.17. The second kappa shape index (κ2) is 6.29. The summed E-state index contributed by atoms with van der Waals surface area (Å²) in [7, 11) is 0.424. The van der Waals surface area contributed by atoms with Gasteiger partial charge in [0.2, 0.25) is 0 Å². The lowest BCUT2D eigenvalue weighted by atomic mass is 10.3. The number of aryl methyl sites for hydroxylation is 1. The van der Waals surface area contributed by atoms with E-state index in [0.717, 1.165) is 16.9 Å². The molecule has 8 heteroatoms. The fourth-order valence-electron chi connectivity index (χ4n) is 2.11. The predicted molar refractivity (Wildman–Crippen MR) is 81.1 cm³/mol. The van der Waals surface area contributed by atoms with Crippen LogP contribution in [0.25, 0.3) is 0 Å². The van der Waals surface area contributed by atoms with Gasteiger partial charge >= 0.3 is 0 Å². The van der Waals surface area contributed by atoms with Crippen LogP contribution in [0, 0.1) is 6.92 Å². The van der Waals surface area contributed by atoms with Crippen LogP contribution in [-0.4, -0.2) is 64.1 Å². The minimum absolute atomic E-state index is 0.0925. The van der Waals surface area contributed by atoms with E-state index in [0.29, 0.717) is 34.8 Å². The summed E-state index contributed by atoms with van der Waals surface area (Å²) in [5, 5.41) is 0. The molecule has 0 bridgehead atoms. The molecule has 0 N–H and O–H groups in total. The standard InChI is InChI=1S/C12H19ClN2O3S2/c1-9-6-11(19-12(9)13)20(16,17)15-4-5-18-10(8-15)7-14(2)3/h6,10H,4-5,7-8H2,1-3H3/t10-/m0/s1. The second-order valence-electron chi connectivity index (χ2n) is 5.14. The van der Waals surface area contributed by atoms with E-state index < -0.39 is 10.0 Å². The highest BCUT2D eigenvalue weighted by Gasteiger charge is 2.32. The lowest BCUT2D eigenvalue weighted by Crippen LogP contribution is -2.48. The summed E-state index contributed by atoms with van der Waals surface area (Å²) in [5.74, 6) is 0. The van der Waals surface area contributed by atoms with Crippen LogP contribution in [0.4, 0.5) is 0 Å². The quantitative estimate of drug-likeness (QED) is 0.838. The highest BCUT2D eigenvalue weighted by Crippen LogP contribution is 2.32. The Labute approximate surface area is 129 Å². The molecule has 1 fully saturated rings. The Bertz CT molecular complexity index is 552. The van der Waals surface area contributed by atoms with Gasteiger partial charge in [-0.1, -0.05) is 11.6 Å². The van der Waals surface area contributed by atoms with E-state index in [1.807, 2.05) is 25.9 Å². The molecule has 2 rings (SSSR count). The number of nitrogens with zero attached hydrogens (tertiary/aromatic N) is 2. The zero-order valence-electron chi connectivity index (χ0n) is 11.8. The highest BCUT2D eigenvalue weighted by molar-refractivity contribution is 7.91. The molecule has 5 nitrogen and oxygen atoms in total. The van der Waals surface area contributed by atoms with E-state index in [4.69, 9.17) is 16.3 Å². The lowest BCUT2D eigenvalue weighted by Gasteiger charge is -2.33. The average Bonchev–Trinajstić information content (AvgIpc) is 2.70. The molecule has 1 aromatic rings. The molecule has 2 heterocycles. The van der Waals surface area contributed by atoms with Crippen molar-refractivity contribution < 1.29 is 13.2 Å². The monoisotopic (exact) mass is 338 g/mol. The topological polar surface area (TPSA) is 49.9 Å². The van der Waals surface area contributed by atoms with Gasteiger partial charge in [0, 0.05) is 19.6 Å². The molecule has 114 valence electrons. The minimum Gasteiger partial charge on any atom is -0.374 e. The van der Waals surface area contributed by atoms with Crippen LogP contribution in [0.3, 0.4) is 0 Å². The Hall–Kier alpha value is -0.180. The zero-order chi connectivity index (χ0) is 14.9. The van der Waals surface area contributed by atoms with Crippen molar-refractivity contribution in [2.45, 2.75) is 17.2 Å². The van der Waals surface area contributed by atoms with Crippen LogP contribution in [0.5, 0.6) is 0 Å². The molecule has 0 spiro atoms. The Morgan fingerprint density at radius 3 is 2.80 bits per heavy atom. The molecule has 0 saturated carbocycles. The van der Waals surface area contributed by atoms with Gasteiger partial charge in [-0.3, -0.25) is 0 Å². The van der Waals surface area contributed by atoms with Crippen molar-refractivity contribution in [3.05, 3.63) is 16.0 Å². The van der Waals surface area contributed by atoms with Crippen LogP contribution in [0.2, 0.25) is 4.34 Å². The van der Waals surface area contributed by atoms with Gasteiger partial charge in [-0.2, -0.15) is 4.31 Å². The van der Waals surface area contributed by atoms with E-state index >= 15 is 0 Å². The molecule has 1 atom stereocenters. The number of sulfonamides is 1. The van der Waals surface area contributed by atoms with Gasteiger partial charge in [-0.05, 0) is 32.6 Å². The molecule has 1 saturated heterocycles. The summed E-state index contributed by atoms with van der Waals surface area (Å²) in [4.78, 5) is 1.99.